The van der Waals surface area contributed by atoms with Gasteiger partial charge < -0.3 is 10.4 Å². The number of rotatable bonds is 5. The molecule has 82 valence electrons. The Morgan fingerprint density at radius 2 is 2.00 bits per heavy atom. The zero-order valence-electron chi connectivity index (χ0n) is 9.19. The minimum Gasteiger partial charge on any atom is -0.392 e. The van der Waals surface area contributed by atoms with Crippen molar-refractivity contribution < 1.29 is 5.11 Å². The van der Waals surface area contributed by atoms with Crippen LogP contribution in [0.4, 0.5) is 0 Å². The van der Waals surface area contributed by atoms with E-state index in [0.29, 0.717) is 12.6 Å². The van der Waals surface area contributed by atoms with Crippen LogP contribution in [-0.2, 0) is 0 Å². The van der Waals surface area contributed by atoms with Crippen molar-refractivity contribution >= 4 is 0 Å². The van der Waals surface area contributed by atoms with Crippen LogP contribution in [0.15, 0.2) is 30.3 Å². The molecule has 0 amide bonds. The second kappa shape index (κ2) is 4.77. The van der Waals surface area contributed by atoms with Crippen molar-refractivity contribution in [2.75, 3.05) is 6.54 Å². The number of nitrogens with one attached hydrogen (secondary N) is 1. The molecule has 1 aliphatic rings. The summed E-state index contributed by atoms with van der Waals surface area (Å²) in [6, 6.07) is 11.0. The van der Waals surface area contributed by atoms with Crippen LogP contribution >= 0.6 is 0 Å². The van der Waals surface area contributed by atoms with Gasteiger partial charge in [0.15, 0.2) is 0 Å². The van der Waals surface area contributed by atoms with E-state index in [2.05, 4.69) is 29.6 Å². The van der Waals surface area contributed by atoms with Gasteiger partial charge in [-0.15, -0.1) is 0 Å². The van der Waals surface area contributed by atoms with Gasteiger partial charge in [-0.1, -0.05) is 30.3 Å². The number of benzene rings is 1. The Labute approximate surface area is 91.3 Å². The molecule has 0 radical (unpaired) electrons. The molecule has 1 saturated carbocycles. The minimum atomic E-state index is -0.269. The van der Waals surface area contributed by atoms with Gasteiger partial charge in [0.25, 0.3) is 0 Å². The number of hydrogen-bond acceptors (Lipinski definition) is 2. The first-order valence-corrected chi connectivity index (χ1v) is 5.74. The third kappa shape index (κ3) is 3.05. The predicted molar refractivity (Wildman–Crippen MR) is 61.6 cm³/mol. The van der Waals surface area contributed by atoms with E-state index in [-0.39, 0.29) is 6.10 Å². The SMILES string of the molecule is C[C@H](O)CNC(c1ccccc1)C1CC1. The van der Waals surface area contributed by atoms with Gasteiger partial charge in [0.1, 0.15) is 0 Å². The first-order chi connectivity index (χ1) is 7.27. The molecule has 2 nitrogen and oxygen atoms in total. The molecule has 1 aliphatic carbocycles. The maximum atomic E-state index is 9.29. The van der Waals surface area contributed by atoms with E-state index >= 15 is 0 Å². The third-order valence-electron chi connectivity index (χ3n) is 2.89. The summed E-state index contributed by atoms with van der Waals surface area (Å²) in [7, 11) is 0. The van der Waals surface area contributed by atoms with Crippen molar-refractivity contribution in [3.8, 4) is 0 Å². The Morgan fingerprint density at radius 3 is 2.53 bits per heavy atom. The summed E-state index contributed by atoms with van der Waals surface area (Å²) in [5.74, 6) is 0.770. The van der Waals surface area contributed by atoms with Crippen LogP contribution in [0.5, 0.6) is 0 Å². The summed E-state index contributed by atoms with van der Waals surface area (Å²) in [4.78, 5) is 0. The van der Waals surface area contributed by atoms with Gasteiger partial charge in [-0.05, 0) is 31.2 Å². The van der Waals surface area contributed by atoms with Gasteiger partial charge in [-0.2, -0.15) is 0 Å². The van der Waals surface area contributed by atoms with E-state index in [0.717, 1.165) is 5.92 Å². The van der Waals surface area contributed by atoms with Crippen molar-refractivity contribution in [1.29, 1.82) is 0 Å². The Morgan fingerprint density at radius 1 is 1.33 bits per heavy atom. The molecule has 15 heavy (non-hydrogen) atoms. The van der Waals surface area contributed by atoms with E-state index in [1.165, 1.54) is 18.4 Å². The van der Waals surface area contributed by atoms with Crippen LogP contribution in [0.25, 0.3) is 0 Å². The molecule has 2 heteroatoms. The zero-order chi connectivity index (χ0) is 10.7. The summed E-state index contributed by atoms with van der Waals surface area (Å²) in [6.07, 6.45) is 2.36. The monoisotopic (exact) mass is 205 g/mol. The first kappa shape index (κ1) is 10.7. The van der Waals surface area contributed by atoms with Gasteiger partial charge in [0, 0.05) is 12.6 Å². The van der Waals surface area contributed by atoms with Crippen LogP contribution in [0.2, 0.25) is 0 Å². The minimum absolute atomic E-state index is 0.269. The molecule has 0 bridgehead atoms. The molecule has 2 N–H and O–H groups in total. The lowest BCUT2D eigenvalue weighted by molar-refractivity contribution is 0.184. The summed E-state index contributed by atoms with van der Waals surface area (Å²) in [5, 5.41) is 12.7. The lowest BCUT2D eigenvalue weighted by Gasteiger charge is -2.19. The quantitative estimate of drug-likeness (QED) is 0.771. The molecule has 1 unspecified atom stereocenters. The van der Waals surface area contributed by atoms with Crippen LogP contribution in [0, 0.1) is 5.92 Å². The van der Waals surface area contributed by atoms with Crippen molar-refractivity contribution in [3.63, 3.8) is 0 Å². The molecule has 2 rings (SSSR count). The average Bonchev–Trinajstić information content (AvgIpc) is 3.03. The summed E-state index contributed by atoms with van der Waals surface area (Å²) in [6.45, 7) is 2.50. The van der Waals surface area contributed by atoms with E-state index in [9.17, 15) is 5.11 Å². The van der Waals surface area contributed by atoms with Gasteiger partial charge in [-0.25, -0.2) is 0 Å². The molecule has 0 spiro atoms. The van der Waals surface area contributed by atoms with Crippen LogP contribution in [-0.4, -0.2) is 17.8 Å². The molecular weight excluding hydrogens is 186 g/mol. The molecule has 1 aromatic carbocycles. The fourth-order valence-corrected chi connectivity index (χ4v) is 1.94. The average molecular weight is 205 g/mol. The Hall–Kier alpha value is -0.860. The van der Waals surface area contributed by atoms with Crippen molar-refractivity contribution in [3.05, 3.63) is 35.9 Å². The summed E-state index contributed by atoms with van der Waals surface area (Å²) < 4.78 is 0. The molecule has 0 heterocycles. The normalized spacial score (nSPS) is 19.9. The smallest absolute Gasteiger partial charge is 0.0636 e. The van der Waals surface area contributed by atoms with Crippen LogP contribution in [0.1, 0.15) is 31.4 Å². The number of aliphatic hydroxyl groups excluding tert-OH is 1. The summed E-state index contributed by atoms with van der Waals surface area (Å²) in [5.41, 5.74) is 1.35. The maximum Gasteiger partial charge on any atom is 0.0636 e. The zero-order valence-corrected chi connectivity index (χ0v) is 9.19. The highest BCUT2D eigenvalue weighted by Crippen LogP contribution is 2.40. The highest BCUT2D eigenvalue weighted by Gasteiger charge is 2.31. The van der Waals surface area contributed by atoms with Crippen molar-refractivity contribution in [2.24, 2.45) is 5.92 Å². The molecular formula is C13H19NO. The number of aliphatic hydroxyl groups is 1. The lowest BCUT2D eigenvalue weighted by Crippen LogP contribution is -2.29. The Bertz CT molecular complexity index is 293. The van der Waals surface area contributed by atoms with E-state index in [1.807, 2.05) is 13.0 Å². The molecule has 0 aromatic heterocycles. The topological polar surface area (TPSA) is 32.3 Å². The predicted octanol–water partition coefficient (Wildman–Crippen LogP) is 2.11. The van der Waals surface area contributed by atoms with Gasteiger partial charge in [-0.3, -0.25) is 0 Å². The second-order valence-corrected chi connectivity index (χ2v) is 4.48. The third-order valence-corrected chi connectivity index (χ3v) is 2.89. The van der Waals surface area contributed by atoms with Crippen LogP contribution < -0.4 is 5.32 Å². The second-order valence-electron chi connectivity index (χ2n) is 4.48. The van der Waals surface area contributed by atoms with Crippen LogP contribution in [0.3, 0.4) is 0 Å². The van der Waals surface area contributed by atoms with Gasteiger partial charge in [0.2, 0.25) is 0 Å². The van der Waals surface area contributed by atoms with Crippen molar-refractivity contribution in [1.82, 2.24) is 5.32 Å². The number of hydrogen-bond donors (Lipinski definition) is 2. The first-order valence-electron chi connectivity index (χ1n) is 5.74. The molecule has 1 aromatic rings. The van der Waals surface area contributed by atoms with E-state index in [4.69, 9.17) is 0 Å². The largest absolute Gasteiger partial charge is 0.392 e. The van der Waals surface area contributed by atoms with Gasteiger partial charge in [0.05, 0.1) is 6.10 Å². The summed E-state index contributed by atoms with van der Waals surface area (Å²) >= 11 is 0. The molecule has 0 saturated heterocycles. The Kier molecular flexibility index (Phi) is 3.39. The molecule has 2 atom stereocenters. The molecule has 1 fully saturated rings. The van der Waals surface area contributed by atoms with Gasteiger partial charge >= 0.3 is 0 Å². The fourth-order valence-electron chi connectivity index (χ4n) is 1.94. The van der Waals surface area contributed by atoms with E-state index in [1.54, 1.807) is 0 Å². The maximum absolute atomic E-state index is 9.29. The standard InChI is InChI=1S/C13H19NO/c1-10(15)9-14-13(12-7-8-12)11-5-3-2-4-6-11/h2-6,10,12-15H,7-9H2,1H3/t10-,13?/m0/s1. The van der Waals surface area contributed by atoms with Crippen molar-refractivity contribution in [2.45, 2.75) is 31.9 Å². The fraction of sp³-hybridized carbons (Fsp3) is 0.538. The Balaban J connectivity index is 2.00. The molecule has 0 aliphatic heterocycles. The highest BCUT2D eigenvalue weighted by atomic mass is 16.3. The van der Waals surface area contributed by atoms with E-state index < -0.39 is 0 Å². The lowest BCUT2D eigenvalue weighted by atomic mass is 10.0. The highest BCUT2D eigenvalue weighted by molar-refractivity contribution is 5.21.